The Hall–Kier alpha value is -1.56. The van der Waals surface area contributed by atoms with Crippen molar-refractivity contribution in [3.05, 3.63) is 35.4 Å². The number of cyclic esters (lactones) is 1. The highest BCUT2D eigenvalue weighted by Gasteiger charge is 2.31. The standard InChI is InChI=1S/C13H14F3NO2/c1-8(17-11-6-7-19-12(11)18)9-2-4-10(5-3-9)13(14,15)16/h2-5,8,11,17H,6-7H2,1H3. The van der Waals surface area contributed by atoms with E-state index in [1.165, 1.54) is 12.1 Å². The van der Waals surface area contributed by atoms with Gasteiger partial charge in [-0.05, 0) is 24.6 Å². The summed E-state index contributed by atoms with van der Waals surface area (Å²) in [7, 11) is 0. The van der Waals surface area contributed by atoms with E-state index in [0.717, 1.165) is 12.1 Å². The SMILES string of the molecule is CC(NC1CCOC1=O)c1ccc(C(F)(F)F)cc1. The van der Waals surface area contributed by atoms with E-state index in [2.05, 4.69) is 5.32 Å². The van der Waals surface area contributed by atoms with Gasteiger partial charge in [0.2, 0.25) is 0 Å². The summed E-state index contributed by atoms with van der Waals surface area (Å²) in [6, 6.07) is 4.33. The highest BCUT2D eigenvalue weighted by Crippen LogP contribution is 2.30. The third-order valence-corrected chi connectivity index (χ3v) is 3.12. The molecule has 1 aromatic rings. The van der Waals surface area contributed by atoms with Gasteiger partial charge in [0.25, 0.3) is 0 Å². The van der Waals surface area contributed by atoms with E-state index in [0.29, 0.717) is 18.6 Å². The topological polar surface area (TPSA) is 38.3 Å². The smallest absolute Gasteiger partial charge is 0.416 e. The van der Waals surface area contributed by atoms with Crippen molar-refractivity contribution in [2.45, 2.75) is 31.6 Å². The van der Waals surface area contributed by atoms with E-state index < -0.39 is 11.7 Å². The number of rotatable bonds is 3. The fourth-order valence-electron chi connectivity index (χ4n) is 2.01. The summed E-state index contributed by atoms with van der Waals surface area (Å²) in [6.07, 6.45) is -3.74. The Labute approximate surface area is 108 Å². The molecule has 1 N–H and O–H groups in total. The first kappa shape index (κ1) is 13.9. The maximum absolute atomic E-state index is 12.4. The van der Waals surface area contributed by atoms with Gasteiger partial charge in [0.15, 0.2) is 0 Å². The van der Waals surface area contributed by atoms with Crippen LogP contribution < -0.4 is 5.32 Å². The third-order valence-electron chi connectivity index (χ3n) is 3.12. The molecule has 1 saturated heterocycles. The molecular weight excluding hydrogens is 259 g/mol. The maximum Gasteiger partial charge on any atom is 0.416 e. The molecule has 3 nitrogen and oxygen atoms in total. The first-order valence-corrected chi connectivity index (χ1v) is 5.98. The van der Waals surface area contributed by atoms with Gasteiger partial charge in [-0.15, -0.1) is 0 Å². The second-order valence-electron chi connectivity index (χ2n) is 4.52. The van der Waals surface area contributed by atoms with E-state index >= 15 is 0 Å². The summed E-state index contributed by atoms with van der Waals surface area (Å²) in [4.78, 5) is 11.3. The Morgan fingerprint density at radius 2 is 1.95 bits per heavy atom. The first-order valence-electron chi connectivity index (χ1n) is 5.98. The van der Waals surface area contributed by atoms with Crippen LogP contribution in [0.15, 0.2) is 24.3 Å². The molecule has 2 rings (SSSR count). The summed E-state index contributed by atoms with van der Waals surface area (Å²) in [5, 5.41) is 3.05. The van der Waals surface area contributed by atoms with Crippen molar-refractivity contribution in [1.82, 2.24) is 5.32 Å². The molecule has 104 valence electrons. The number of ether oxygens (including phenoxy) is 1. The van der Waals surface area contributed by atoms with Crippen LogP contribution in [0.5, 0.6) is 0 Å². The minimum absolute atomic E-state index is 0.210. The molecule has 0 radical (unpaired) electrons. The lowest BCUT2D eigenvalue weighted by atomic mass is 10.0. The summed E-state index contributed by atoms with van der Waals surface area (Å²) < 4.78 is 42.1. The molecular formula is C13H14F3NO2. The molecule has 0 amide bonds. The van der Waals surface area contributed by atoms with E-state index in [1.807, 2.05) is 0 Å². The van der Waals surface area contributed by atoms with Crippen molar-refractivity contribution in [2.24, 2.45) is 0 Å². The monoisotopic (exact) mass is 273 g/mol. The zero-order valence-corrected chi connectivity index (χ0v) is 10.3. The number of nitrogens with one attached hydrogen (secondary N) is 1. The number of hydrogen-bond donors (Lipinski definition) is 1. The molecule has 6 heteroatoms. The van der Waals surface area contributed by atoms with Crippen molar-refractivity contribution in [3.63, 3.8) is 0 Å². The lowest BCUT2D eigenvalue weighted by Gasteiger charge is -2.17. The molecule has 1 aliphatic heterocycles. The number of benzene rings is 1. The minimum Gasteiger partial charge on any atom is -0.464 e. The highest BCUT2D eigenvalue weighted by molar-refractivity contribution is 5.77. The third kappa shape index (κ3) is 3.26. The molecule has 0 spiro atoms. The fraction of sp³-hybridized carbons (Fsp3) is 0.462. The average molecular weight is 273 g/mol. The van der Waals surface area contributed by atoms with E-state index in [1.54, 1.807) is 6.92 Å². The second-order valence-corrected chi connectivity index (χ2v) is 4.52. The van der Waals surface area contributed by atoms with E-state index in [9.17, 15) is 18.0 Å². The van der Waals surface area contributed by atoms with Crippen LogP contribution in [0.25, 0.3) is 0 Å². The molecule has 1 heterocycles. The van der Waals surface area contributed by atoms with Crippen LogP contribution >= 0.6 is 0 Å². The van der Waals surface area contributed by atoms with Gasteiger partial charge in [-0.1, -0.05) is 12.1 Å². The Kier molecular flexibility index (Phi) is 3.80. The fourth-order valence-corrected chi connectivity index (χ4v) is 2.01. The van der Waals surface area contributed by atoms with Crippen LogP contribution in [0, 0.1) is 0 Å². The number of esters is 1. The highest BCUT2D eigenvalue weighted by atomic mass is 19.4. The molecule has 1 fully saturated rings. The summed E-state index contributed by atoms with van der Waals surface area (Å²) in [6.45, 7) is 2.18. The van der Waals surface area contributed by atoms with Crippen LogP contribution in [0.2, 0.25) is 0 Å². The molecule has 2 atom stereocenters. The molecule has 0 aromatic heterocycles. The Morgan fingerprint density at radius 3 is 2.42 bits per heavy atom. The lowest BCUT2D eigenvalue weighted by molar-refractivity contribution is -0.140. The van der Waals surface area contributed by atoms with Gasteiger partial charge in [-0.2, -0.15) is 13.2 Å². The largest absolute Gasteiger partial charge is 0.464 e. The van der Waals surface area contributed by atoms with Gasteiger partial charge in [-0.3, -0.25) is 10.1 Å². The van der Waals surface area contributed by atoms with E-state index in [-0.39, 0.29) is 18.1 Å². The average Bonchev–Trinajstić information content (AvgIpc) is 2.74. The first-order chi connectivity index (χ1) is 8.88. The van der Waals surface area contributed by atoms with Crippen molar-refractivity contribution in [2.75, 3.05) is 6.61 Å². The number of carbonyl (C=O) groups excluding carboxylic acids is 1. The quantitative estimate of drug-likeness (QED) is 0.860. The zero-order valence-electron chi connectivity index (χ0n) is 10.3. The van der Waals surface area contributed by atoms with Crippen LogP contribution in [0.1, 0.15) is 30.5 Å². The van der Waals surface area contributed by atoms with Gasteiger partial charge < -0.3 is 4.74 Å². The minimum atomic E-state index is -4.33. The van der Waals surface area contributed by atoms with E-state index in [4.69, 9.17) is 4.74 Å². The van der Waals surface area contributed by atoms with Crippen molar-refractivity contribution >= 4 is 5.97 Å². The predicted molar refractivity (Wildman–Crippen MR) is 62.4 cm³/mol. The molecule has 1 aliphatic rings. The van der Waals surface area contributed by atoms with Crippen LogP contribution in [0.3, 0.4) is 0 Å². The van der Waals surface area contributed by atoms with Crippen LogP contribution in [0.4, 0.5) is 13.2 Å². The number of hydrogen-bond acceptors (Lipinski definition) is 3. The van der Waals surface area contributed by atoms with Gasteiger partial charge in [0, 0.05) is 12.5 Å². The molecule has 0 aliphatic carbocycles. The maximum atomic E-state index is 12.4. The lowest BCUT2D eigenvalue weighted by Crippen LogP contribution is -2.35. The molecule has 1 aromatic carbocycles. The van der Waals surface area contributed by atoms with Crippen molar-refractivity contribution in [1.29, 1.82) is 0 Å². The van der Waals surface area contributed by atoms with Crippen molar-refractivity contribution < 1.29 is 22.7 Å². The molecule has 2 unspecified atom stereocenters. The summed E-state index contributed by atoms with van der Waals surface area (Å²) >= 11 is 0. The van der Waals surface area contributed by atoms with Gasteiger partial charge in [0.05, 0.1) is 12.2 Å². The Bertz CT molecular complexity index is 456. The normalized spacial score (nSPS) is 21.3. The van der Waals surface area contributed by atoms with Gasteiger partial charge in [0.1, 0.15) is 6.04 Å². The summed E-state index contributed by atoms with van der Waals surface area (Å²) in [5.41, 5.74) is 0.0245. The van der Waals surface area contributed by atoms with Crippen LogP contribution in [-0.4, -0.2) is 18.6 Å². The Balaban J connectivity index is 2.03. The molecule has 0 saturated carbocycles. The van der Waals surface area contributed by atoms with Crippen molar-refractivity contribution in [3.8, 4) is 0 Å². The molecule has 0 bridgehead atoms. The van der Waals surface area contributed by atoms with Crippen LogP contribution in [-0.2, 0) is 15.7 Å². The summed E-state index contributed by atoms with van der Waals surface area (Å²) in [5.74, 6) is -0.307. The van der Waals surface area contributed by atoms with Gasteiger partial charge >= 0.3 is 12.1 Å². The second kappa shape index (κ2) is 5.21. The number of halogens is 3. The molecule has 19 heavy (non-hydrogen) atoms. The number of carbonyl (C=O) groups is 1. The Morgan fingerprint density at radius 1 is 1.32 bits per heavy atom. The van der Waals surface area contributed by atoms with Gasteiger partial charge in [-0.25, -0.2) is 0 Å². The zero-order chi connectivity index (χ0) is 14.0. The number of alkyl halides is 3. The predicted octanol–water partition coefficient (Wildman–Crippen LogP) is 2.67.